The van der Waals surface area contributed by atoms with Crippen LogP contribution in [0.25, 0.3) is 0 Å². The van der Waals surface area contributed by atoms with E-state index in [9.17, 15) is 9.59 Å². The van der Waals surface area contributed by atoms with Gasteiger partial charge in [0.2, 0.25) is 0 Å². The lowest BCUT2D eigenvalue weighted by molar-refractivity contribution is -0.147. The largest absolute Gasteiger partial charge is 0.449 e. The molecule has 0 fully saturated rings. The lowest BCUT2D eigenvalue weighted by Crippen LogP contribution is -2.18. The van der Waals surface area contributed by atoms with Gasteiger partial charge in [-0.2, -0.15) is 0 Å². The third-order valence-electron chi connectivity index (χ3n) is 3.25. The minimum atomic E-state index is -0.470. The fraction of sp³-hybridized carbons (Fsp3) is 0.500. The SMILES string of the molecule is C=CCCC1C#CCCC(=O)OC(CCC=C)C#CCCC(=O)O1. The van der Waals surface area contributed by atoms with Gasteiger partial charge in [0.15, 0.2) is 12.2 Å². The summed E-state index contributed by atoms with van der Waals surface area (Å²) in [5.74, 6) is 11.0. The Balaban J connectivity index is 2.74. The Morgan fingerprint density at radius 1 is 0.875 bits per heavy atom. The van der Waals surface area contributed by atoms with Gasteiger partial charge in [-0.25, -0.2) is 0 Å². The van der Waals surface area contributed by atoms with Crippen molar-refractivity contribution in [1.29, 1.82) is 0 Å². The fourth-order valence-corrected chi connectivity index (χ4v) is 2.00. The van der Waals surface area contributed by atoms with Crippen molar-refractivity contribution in [3.05, 3.63) is 25.3 Å². The molecule has 0 N–H and O–H groups in total. The van der Waals surface area contributed by atoms with Crippen LogP contribution < -0.4 is 0 Å². The number of allylic oxidation sites excluding steroid dienone is 2. The maximum absolute atomic E-state index is 11.8. The van der Waals surface area contributed by atoms with Gasteiger partial charge in [0.1, 0.15) is 0 Å². The van der Waals surface area contributed by atoms with Crippen molar-refractivity contribution in [3.8, 4) is 23.7 Å². The summed E-state index contributed by atoms with van der Waals surface area (Å²) < 4.78 is 10.7. The molecule has 1 aliphatic rings. The van der Waals surface area contributed by atoms with Gasteiger partial charge in [-0.3, -0.25) is 9.59 Å². The number of hydrogen-bond donors (Lipinski definition) is 0. The molecule has 4 nitrogen and oxygen atoms in total. The number of cyclic esters (lactones) is 2. The molecule has 2 atom stereocenters. The molecule has 1 heterocycles. The molecular weight excluding hydrogens is 304 g/mol. The minimum absolute atomic E-state index is 0.196. The summed E-state index contributed by atoms with van der Waals surface area (Å²) in [7, 11) is 0. The van der Waals surface area contributed by atoms with Crippen molar-refractivity contribution in [2.75, 3.05) is 0 Å². The van der Waals surface area contributed by atoms with Crippen LogP contribution in [0, 0.1) is 23.7 Å². The summed E-state index contributed by atoms with van der Waals surface area (Å²) in [6.45, 7) is 7.31. The van der Waals surface area contributed by atoms with Crippen LogP contribution in [0.15, 0.2) is 25.3 Å². The average Bonchev–Trinajstić information content (AvgIpc) is 2.56. The second-order valence-corrected chi connectivity index (χ2v) is 5.33. The lowest BCUT2D eigenvalue weighted by Gasteiger charge is -2.12. The van der Waals surface area contributed by atoms with Crippen LogP contribution in [-0.4, -0.2) is 24.1 Å². The minimum Gasteiger partial charge on any atom is -0.449 e. The van der Waals surface area contributed by atoms with Crippen LogP contribution in [-0.2, 0) is 19.1 Å². The molecule has 128 valence electrons. The van der Waals surface area contributed by atoms with Crippen LogP contribution in [0.5, 0.6) is 0 Å². The van der Waals surface area contributed by atoms with E-state index in [0.717, 1.165) is 0 Å². The van der Waals surface area contributed by atoms with Gasteiger partial charge in [-0.15, -0.1) is 13.2 Å². The first kappa shape index (κ1) is 19.6. The zero-order valence-corrected chi connectivity index (χ0v) is 14.0. The molecule has 0 aromatic heterocycles. The molecule has 1 rings (SSSR count). The van der Waals surface area contributed by atoms with Gasteiger partial charge in [-0.1, -0.05) is 35.8 Å². The van der Waals surface area contributed by atoms with E-state index in [1.54, 1.807) is 12.2 Å². The predicted molar refractivity (Wildman–Crippen MR) is 92.6 cm³/mol. The summed E-state index contributed by atoms with van der Waals surface area (Å²) in [5, 5.41) is 0. The lowest BCUT2D eigenvalue weighted by atomic mass is 10.1. The second kappa shape index (κ2) is 12.0. The zero-order valence-electron chi connectivity index (χ0n) is 14.0. The number of esters is 2. The molecule has 0 aromatic rings. The van der Waals surface area contributed by atoms with E-state index >= 15 is 0 Å². The molecule has 0 spiro atoms. The van der Waals surface area contributed by atoms with Crippen LogP contribution in [0.4, 0.5) is 0 Å². The highest BCUT2D eigenvalue weighted by molar-refractivity contribution is 5.71. The molecule has 4 heteroatoms. The van der Waals surface area contributed by atoms with Gasteiger partial charge in [0.05, 0.1) is 12.8 Å². The third-order valence-corrected chi connectivity index (χ3v) is 3.25. The third kappa shape index (κ3) is 8.86. The van der Waals surface area contributed by atoms with Crippen LogP contribution in [0.1, 0.15) is 51.4 Å². The first-order valence-corrected chi connectivity index (χ1v) is 8.23. The summed E-state index contributed by atoms with van der Waals surface area (Å²) in [5.41, 5.74) is 0. The van der Waals surface area contributed by atoms with Crippen molar-refractivity contribution in [1.82, 2.24) is 0 Å². The first-order valence-electron chi connectivity index (χ1n) is 8.23. The molecule has 0 bridgehead atoms. The Kier molecular flexibility index (Phi) is 9.81. The van der Waals surface area contributed by atoms with Crippen LogP contribution in [0.2, 0.25) is 0 Å². The second-order valence-electron chi connectivity index (χ2n) is 5.33. The monoisotopic (exact) mass is 328 g/mol. The molecular formula is C20H24O4. The van der Waals surface area contributed by atoms with E-state index in [1.807, 2.05) is 0 Å². The smallest absolute Gasteiger partial charge is 0.307 e. The highest BCUT2D eigenvalue weighted by Gasteiger charge is 2.13. The quantitative estimate of drug-likeness (QED) is 0.426. The number of hydrogen-bond acceptors (Lipinski definition) is 4. The van der Waals surface area contributed by atoms with E-state index in [-0.39, 0.29) is 24.8 Å². The first-order chi connectivity index (χ1) is 11.7. The molecule has 0 saturated carbocycles. The fourth-order valence-electron chi connectivity index (χ4n) is 2.00. The standard InChI is InChI=1S/C20H24O4/c1-3-5-11-17-13-7-9-16-20(22)24-18(12-6-4-2)14-8-10-15-19(21)23-17/h3-4,17-18H,1-2,5-6,9-12,15-16H2. The van der Waals surface area contributed by atoms with Crippen molar-refractivity contribution >= 4 is 11.9 Å². The maximum atomic E-state index is 11.8. The maximum Gasteiger partial charge on any atom is 0.307 e. The summed E-state index contributed by atoms with van der Waals surface area (Å²) >= 11 is 0. The van der Waals surface area contributed by atoms with E-state index in [1.165, 1.54) is 0 Å². The van der Waals surface area contributed by atoms with Crippen molar-refractivity contribution < 1.29 is 19.1 Å². The van der Waals surface area contributed by atoms with E-state index < -0.39 is 12.2 Å². The molecule has 24 heavy (non-hydrogen) atoms. The highest BCUT2D eigenvalue weighted by atomic mass is 16.5. The van der Waals surface area contributed by atoms with Gasteiger partial charge < -0.3 is 9.47 Å². The average molecular weight is 328 g/mol. The Morgan fingerprint density at radius 2 is 1.29 bits per heavy atom. The van der Waals surface area contributed by atoms with E-state index in [2.05, 4.69) is 36.8 Å². The number of carbonyl (C=O) groups excluding carboxylic acids is 2. The Hall–Kier alpha value is -2.46. The highest BCUT2D eigenvalue weighted by Crippen LogP contribution is 2.08. The molecule has 0 radical (unpaired) electrons. The van der Waals surface area contributed by atoms with Gasteiger partial charge in [0.25, 0.3) is 0 Å². The number of rotatable bonds is 6. The Bertz CT molecular complexity index is 516. The zero-order chi connectivity index (χ0) is 17.6. The summed E-state index contributed by atoms with van der Waals surface area (Å²) in [6, 6.07) is 0. The normalized spacial score (nSPS) is 21.7. The summed E-state index contributed by atoms with van der Waals surface area (Å²) in [6.07, 6.45) is 6.31. The van der Waals surface area contributed by atoms with Gasteiger partial charge >= 0.3 is 11.9 Å². The van der Waals surface area contributed by atoms with E-state index in [0.29, 0.717) is 38.5 Å². The van der Waals surface area contributed by atoms with Crippen molar-refractivity contribution in [2.24, 2.45) is 0 Å². The topological polar surface area (TPSA) is 52.6 Å². The molecule has 1 aliphatic heterocycles. The van der Waals surface area contributed by atoms with Crippen LogP contribution in [0.3, 0.4) is 0 Å². The molecule has 0 aromatic carbocycles. The molecule has 2 unspecified atom stereocenters. The molecule has 0 aliphatic carbocycles. The molecule has 0 amide bonds. The van der Waals surface area contributed by atoms with Crippen molar-refractivity contribution in [2.45, 2.75) is 63.6 Å². The van der Waals surface area contributed by atoms with Gasteiger partial charge in [-0.05, 0) is 25.7 Å². The van der Waals surface area contributed by atoms with E-state index in [4.69, 9.17) is 9.47 Å². The van der Waals surface area contributed by atoms with Gasteiger partial charge in [0, 0.05) is 12.8 Å². The number of carbonyl (C=O) groups is 2. The summed E-state index contributed by atoms with van der Waals surface area (Å²) in [4.78, 5) is 23.7. The predicted octanol–water partition coefficient (Wildman–Crippen LogP) is 3.32. The Labute approximate surface area is 144 Å². The van der Waals surface area contributed by atoms with Crippen molar-refractivity contribution in [3.63, 3.8) is 0 Å². The molecule has 0 saturated heterocycles. The Morgan fingerprint density at radius 3 is 1.67 bits per heavy atom. The van der Waals surface area contributed by atoms with Crippen LogP contribution >= 0.6 is 0 Å². The number of ether oxygens (including phenoxy) is 2.